The van der Waals surface area contributed by atoms with Crippen LogP contribution in [0.1, 0.15) is 23.6 Å². The van der Waals surface area contributed by atoms with Gasteiger partial charge in [-0.05, 0) is 41.9 Å². The van der Waals surface area contributed by atoms with E-state index >= 15 is 0 Å². The van der Waals surface area contributed by atoms with Crippen LogP contribution in [-0.4, -0.2) is 15.7 Å². The molecule has 0 saturated carbocycles. The van der Waals surface area contributed by atoms with E-state index in [2.05, 4.69) is 26.3 Å². The van der Waals surface area contributed by atoms with Crippen molar-refractivity contribution in [1.29, 1.82) is 0 Å². The van der Waals surface area contributed by atoms with Crippen molar-refractivity contribution in [3.63, 3.8) is 0 Å². The fraction of sp³-hybridized carbons (Fsp3) is 0.385. The minimum absolute atomic E-state index is 0.0138. The number of nitrogens with zero attached hydrogens (tertiary/aromatic N) is 2. The van der Waals surface area contributed by atoms with Crippen molar-refractivity contribution in [2.45, 2.75) is 33.4 Å². The predicted octanol–water partition coefficient (Wildman–Crippen LogP) is 2.56. The summed E-state index contributed by atoms with van der Waals surface area (Å²) in [5.74, 6) is 0.738. The van der Waals surface area contributed by atoms with Crippen LogP contribution >= 0.6 is 15.9 Å². The Kier molecular flexibility index (Phi) is 4.42. The molecule has 6 heteroatoms. The molecule has 102 valence electrons. The maximum Gasteiger partial charge on any atom is 0.222 e. The van der Waals surface area contributed by atoms with Crippen molar-refractivity contribution in [1.82, 2.24) is 15.1 Å². The maximum atomic E-state index is 11.7. The van der Waals surface area contributed by atoms with Gasteiger partial charge in [-0.1, -0.05) is 0 Å². The summed E-state index contributed by atoms with van der Waals surface area (Å²) in [6, 6.07) is 3.63. The van der Waals surface area contributed by atoms with E-state index in [1.165, 1.54) is 0 Å². The molecule has 19 heavy (non-hydrogen) atoms. The Morgan fingerprint density at radius 2 is 2.32 bits per heavy atom. The molecule has 0 radical (unpaired) electrons. The van der Waals surface area contributed by atoms with E-state index in [1.54, 1.807) is 12.3 Å². The summed E-state index contributed by atoms with van der Waals surface area (Å²) in [6.07, 6.45) is 1.99. The van der Waals surface area contributed by atoms with E-state index in [4.69, 9.17) is 4.42 Å². The van der Waals surface area contributed by atoms with Gasteiger partial charge in [0.2, 0.25) is 5.91 Å². The molecule has 0 atom stereocenters. The third-order valence-corrected chi connectivity index (χ3v) is 4.03. The van der Waals surface area contributed by atoms with E-state index in [9.17, 15) is 4.79 Å². The smallest absolute Gasteiger partial charge is 0.222 e. The van der Waals surface area contributed by atoms with Gasteiger partial charge in [-0.2, -0.15) is 5.10 Å². The highest BCUT2D eigenvalue weighted by Gasteiger charge is 2.10. The van der Waals surface area contributed by atoms with Crippen LogP contribution in [0.5, 0.6) is 0 Å². The van der Waals surface area contributed by atoms with Crippen molar-refractivity contribution in [2.24, 2.45) is 0 Å². The average molecular weight is 326 g/mol. The van der Waals surface area contributed by atoms with Crippen LogP contribution in [0.15, 0.2) is 27.3 Å². The summed E-state index contributed by atoms with van der Waals surface area (Å²) < 4.78 is 7.99. The number of halogens is 1. The molecule has 5 nitrogen and oxygen atoms in total. The molecule has 0 bridgehead atoms. The first-order valence-corrected chi connectivity index (χ1v) is 6.86. The number of hydrogen-bond acceptors (Lipinski definition) is 3. The second kappa shape index (κ2) is 6.06. The zero-order chi connectivity index (χ0) is 13.8. The zero-order valence-corrected chi connectivity index (χ0v) is 12.5. The van der Waals surface area contributed by atoms with Crippen molar-refractivity contribution < 1.29 is 9.21 Å². The molecule has 2 aromatic heterocycles. The first-order valence-electron chi connectivity index (χ1n) is 6.06. The number of carbonyl (C=O) groups is 1. The Morgan fingerprint density at radius 1 is 1.53 bits per heavy atom. The maximum absolute atomic E-state index is 11.7. The van der Waals surface area contributed by atoms with Crippen LogP contribution in [0.3, 0.4) is 0 Å². The SMILES string of the molecule is Cc1nn(CCC(=O)NCc2ccco2)c(C)c1Br. The minimum Gasteiger partial charge on any atom is -0.467 e. The van der Waals surface area contributed by atoms with Crippen LogP contribution in [0.25, 0.3) is 0 Å². The summed E-state index contributed by atoms with van der Waals surface area (Å²) in [5, 5.41) is 7.17. The summed E-state index contributed by atoms with van der Waals surface area (Å²) in [5.41, 5.74) is 1.98. The monoisotopic (exact) mass is 325 g/mol. The third kappa shape index (κ3) is 3.47. The van der Waals surface area contributed by atoms with Crippen LogP contribution in [-0.2, 0) is 17.9 Å². The van der Waals surface area contributed by atoms with Crippen LogP contribution < -0.4 is 5.32 Å². The van der Waals surface area contributed by atoms with Gasteiger partial charge in [0.1, 0.15) is 5.76 Å². The minimum atomic E-state index is -0.0138. The third-order valence-electron chi connectivity index (χ3n) is 2.88. The van der Waals surface area contributed by atoms with Gasteiger partial charge in [-0.25, -0.2) is 0 Å². The lowest BCUT2D eigenvalue weighted by molar-refractivity contribution is -0.121. The van der Waals surface area contributed by atoms with Crippen LogP contribution in [0.4, 0.5) is 0 Å². The molecule has 0 fully saturated rings. The first-order chi connectivity index (χ1) is 9.08. The first kappa shape index (κ1) is 13.9. The Balaban J connectivity index is 1.81. The summed E-state index contributed by atoms with van der Waals surface area (Å²) in [7, 11) is 0. The van der Waals surface area contributed by atoms with Gasteiger partial charge >= 0.3 is 0 Å². The zero-order valence-electron chi connectivity index (χ0n) is 10.9. The van der Waals surface area contributed by atoms with Gasteiger partial charge in [0.25, 0.3) is 0 Å². The highest BCUT2D eigenvalue weighted by molar-refractivity contribution is 9.10. The highest BCUT2D eigenvalue weighted by atomic mass is 79.9. The van der Waals surface area contributed by atoms with Crippen molar-refractivity contribution in [2.75, 3.05) is 0 Å². The summed E-state index contributed by atoms with van der Waals surface area (Å²) >= 11 is 3.47. The highest BCUT2D eigenvalue weighted by Crippen LogP contribution is 2.19. The molecule has 0 aromatic carbocycles. The summed E-state index contributed by atoms with van der Waals surface area (Å²) in [6.45, 7) is 4.91. The summed E-state index contributed by atoms with van der Waals surface area (Å²) in [4.78, 5) is 11.7. The Morgan fingerprint density at radius 3 is 2.89 bits per heavy atom. The second-order valence-corrected chi connectivity index (χ2v) is 5.11. The van der Waals surface area contributed by atoms with E-state index in [0.29, 0.717) is 19.5 Å². The van der Waals surface area contributed by atoms with Gasteiger partial charge < -0.3 is 9.73 Å². The second-order valence-electron chi connectivity index (χ2n) is 4.31. The van der Waals surface area contributed by atoms with Crippen molar-refractivity contribution in [3.05, 3.63) is 40.0 Å². The molecule has 1 N–H and O–H groups in total. The van der Waals surface area contributed by atoms with E-state index in [1.807, 2.05) is 24.6 Å². The van der Waals surface area contributed by atoms with E-state index in [-0.39, 0.29) is 5.91 Å². The van der Waals surface area contributed by atoms with Crippen molar-refractivity contribution >= 4 is 21.8 Å². The Labute approximate surface area is 120 Å². The van der Waals surface area contributed by atoms with E-state index in [0.717, 1.165) is 21.6 Å². The number of nitrogens with one attached hydrogen (secondary N) is 1. The molecule has 0 saturated heterocycles. The molecule has 0 aliphatic rings. The number of aromatic nitrogens is 2. The van der Waals surface area contributed by atoms with Crippen LogP contribution in [0, 0.1) is 13.8 Å². The topological polar surface area (TPSA) is 60.1 Å². The number of amides is 1. The van der Waals surface area contributed by atoms with Gasteiger partial charge in [0.15, 0.2) is 0 Å². The molecular weight excluding hydrogens is 310 g/mol. The quantitative estimate of drug-likeness (QED) is 0.919. The molecule has 2 rings (SSSR count). The normalized spacial score (nSPS) is 10.7. The van der Waals surface area contributed by atoms with Crippen molar-refractivity contribution in [3.8, 4) is 0 Å². The lowest BCUT2D eigenvalue weighted by atomic mass is 10.3. The van der Waals surface area contributed by atoms with Gasteiger partial charge in [-0.15, -0.1) is 0 Å². The lowest BCUT2D eigenvalue weighted by Gasteiger charge is -2.05. The predicted molar refractivity (Wildman–Crippen MR) is 74.6 cm³/mol. The molecule has 0 unspecified atom stereocenters. The standard InChI is InChI=1S/C13H16BrN3O2/c1-9-13(14)10(2)17(16-9)6-5-12(18)15-8-11-4-3-7-19-11/h3-4,7H,5-6,8H2,1-2H3,(H,15,18). The van der Waals surface area contributed by atoms with E-state index < -0.39 is 0 Å². The lowest BCUT2D eigenvalue weighted by Crippen LogP contribution is -2.24. The van der Waals surface area contributed by atoms with Gasteiger partial charge in [0, 0.05) is 12.1 Å². The Hall–Kier alpha value is -1.56. The largest absolute Gasteiger partial charge is 0.467 e. The molecular formula is C13H16BrN3O2. The number of carbonyl (C=O) groups excluding carboxylic acids is 1. The van der Waals surface area contributed by atoms with Crippen LogP contribution in [0.2, 0.25) is 0 Å². The Bertz CT molecular complexity index is 561. The molecule has 1 amide bonds. The van der Waals surface area contributed by atoms with Gasteiger partial charge in [-0.3, -0.25) is 9.48 Å². The fourth-order valence-corrected chi connectivity index (χ4v) is 2.07. The fourth-order valence-electron chi connectivity index (χ4n) is 1.79. The average Bonchev–Trinajstić information content (AvgIpc) is 2.99. The van der Waals surface area contributed by atoms with Gasteiger partial charge in [0.05, 0.1) is 29.5 Å². The number of hydrogen-bond donors (Lipinski definition) is 1. The molecule has 0 spiro atoms. The molecule has 0 aliphatic heterocycles. The molecule has 2 heterocycles. The number of aryl methyl sites for hydroxylation is 2. The molecule has 0 aliphatic carbocycles. The number of rotatable bonds is 5. The number of furan rings is 1. The molecule has 2 aromatic rings.